The number of benzene rings is 4. The number of halogens is 1. The van der Waals surface area contributed by atoms with Crippen molar-refractivity contribution in [1.29, 1.82) is 0 Å². The first kappa shape index (κ1) is 31.8. The van der Waals surface area contributed by atoms with Gasteiger partial charge in [0.05, 0.1) is 0 Å². The first-order valence-electron chi connectivity index (χ1n) is 14.0. The lowest BCUT2D eigenvalue weighted by Crippen LogP contribution is -2.41. The third-order valence-electron chi connectivity index (χ3n) is 6.41. The Balaban J connectivity index is 0.00000462. The number of rotatable bonds is 19. The van der Waals surface area contributed by atoms with Gasteiger partial charge in [0, 0.05) is 39.3 Å². The lowest BCUT2D eigenvalue weighted by molar-refractivity contribution is 0.134. The first-order valence-corrected chi connectivity index (χ1v) is 14.0. The molecule has 0 fully saturated rings. The minimum absolute atomic E-state index is 0. The zero-order valence-electron chi connectivity index (χ0n) is 23.6. The van der Waals surface area contributed by atoms with Crippen LogP contribution < -0.4 is 18.9 Å². The summed E-state index contributed by atoms with van der Waals surface area (Å²) in [7, 11) is 0. The molecule has 0 N–H and O–H groups in total. The van der Waals surface area contributed by atoms with Crippen molar-refractivity contribution in [1.82, 2.24) is 9.80 Å². The standard InChI is InChI=1S/C34H40N2O4.ClH/c1-5-13-31(14-6-1)37-27-23-35(24-28-38-32-15-7-2-8-16-32)21-22-36(25-29-39-33-17-9-3-10-18-33)26-30-40-34-19-11-4-12-20-34;/h1-20H,21-30H2;1H. The monoisotopic (exact) mass is 576 g/mol. The molecule has 218 valence electrons. The highest BCUT2D eigenvalue weighted by Crippen LogP contribution is 2.11. The van der Waals surface area contributed by atoms with E-state index in [2.05, 4.69) is 9.80 Å². The van der Waals surface area contributed by atoms with Crippen molar-refractivity contribution in [3.8, 4) is 23.0 Å². The molecule has 4 aromatic rings. The van der Waals surface area contributed by atoms with Crippen molar-refractivity contribution in [3.05, 3.63) is 121 Å². The van der Waals surface area contributed by atoms with Crippen LogP contribution >= 0.6 is 12.4 Å². The van der Waals surface area contributed by atoms with Gasteiger partial charge in [-0.1, -0.05) is 72.8 Å². The van der Waals surface area contributed by atoms with Gasteiger partial charge in [0.15, 0.2) is 0 Å². The molecule has 4 rings (SSSR count). The summed E-state index contributed by atoms with van der Waals surface area (Å²) in [6, 6.07) is 39.9. The first-order chi connectivity index (χ1) is 19.8. The molecule has 0 saturated carbocycles. The fourth-order valence-corrected chi connectivity index (χ4v) is 4.19. The molecule has 0 aliphatic rings. The van der Waals surface area contributed by atoms with Crippen LogP contribution in [0.3, 0.4) is 0 Å². The van der Waals surface area contributed by atoms with Crippen LogP contribution in [0, 0.1) is 0 Å². The summed E-state index contributed by atoms with van der Waals surface area (Å²) in [6.45, 7) is 7.45. The van der Waals surface area contributed by atoms with E-state index in [1.807, 2.05) is 121 Å². The van der Waals surface area contributed by atoms with E-state index >= 15 is 0 Å². The Bertz CT molecular complexity index is 984. The summed E-state index contributed by atoms with van der Waals surface area (Å²) in [4.78, 5) is 4.80. The summed E-state index contributed by atoms with van der Waals surface area (Å²) in [6.07, 6.45) is 0. The van der Waals surface area contributed by atoms with E-state index in [1.54, 1.807) is 0 Å². The quantitative estimate of drug-likeness (QED) is 0.130. The van der Waals surface area contributed by atoms with Gasteiger partial charge in [-0.25, -0.2) is 0 Å². The molecule has 4 aromatic carbocycles. The molecule has 41 heavy (non-hydrogen) atoms. The molecule has 0 spiro atoms. The molecular weight excluding hydrogens is 536 g/mol. The number of para-hydroxylation sites is 4. The average Bonchev–Trinajstić information content (AvgIpc) is 3.01. The number of nitrogens with zero attached hydrogens (tertiary/aromatic N) is 2. The van der Waals surface area contributed by atoms with Crippen LogP contribution in [0.25, 0.3) is 0 Å². The Morgan fingerprint density at radius 2 is 0.537 bits per heavy atom. The summed E-state index contributed by atoms with van der Waals surface area (Å²) >= 11 is 0. The molecule has 0 saturated heterocycles. The van der Waals surface area contributed by atoms with Crippen LogP contribution in [0.2, 0.25) is 0 Å². The largest absolute Gasteiger partial charge is 0.492 e. The van der Waals surface area contributed by atoms with Crippen LogP contribution in [-0.4, -0.2) is 75.5 Å². The second kappa shape index (κ2) is 19.4. The lowest BCUT2D eigenvalue weighted by Gasteiger charge is -2.28. The summed E-state index contributed by atoms with van der Waals surface area (Å²) in [5.41, 5.74) is 0. The van der Waals surface area contributed by atoms with Crippen molar-refractivity contribution < 1.29 is 18.9 Å². The maximum Gasteiger partial charge on any atom is 0.119 e. The lowest BCUT2D eigenvalue weighted by atomic mass is 10.3. The van der Waals surface area contributed by atoms with Gasteiger partial charge in [-0.3, -0.25) is 9.80 Å². The Kier molecular flexibility index (Phi) is 15.0. The molecule has 0 radical (unpaired) electrons. The molecule has 0 atom stereocenters. The fraction of sp³-hybridized carbons (Fsp3) is 0.294. The van der Waals surface area contributed by atoms with Crippen LogP contribution in [0.1, 0.15) is 0 Å². The molecule has 0 unspecified atom stereocenters. The van der Waals surface area contributed by atoms with Gasteiger partial charge in [-0.05, 0) is 48.5 Å². The smallest absolute Gasteiger partial charge is 0.119 e. The van der Waals surface area contributed by atoms with E-state index in [1.165, 1.54) is 0 Å². The highest BCUT2D eigenvalue weighted by Gasteiger charge is 2.12. The highest BCUT2D eigenvalue weighted by atomic mass is 35.5. The van der Waals surface area contributed by atoms with Crippen molar-refractivity contribution in [3.63, 3.8) is 0 Å². The topological polar surface area (TPSA) is 43.4 Å². The highest BCUT2D eigenvalue weighted by molar-refractivity contribution is 5.85. The number of hydrogen-bond acceptors (Lipinski definition) is 6. The number of hydrogen-bond donors (Lipinski definition) is 0. The number of ether oxygens (including phenoxy) is 4. The third kappa shape index (κ3) is 13.0. The molecule has 0 amide bonds. The third-order valence-corrected chi connectivity index (χ3v) is 6.41. The van der Waals surface area contributed by atoms with E-state index in [0.717, 1.165) is 62.3 Å². The van der Waals surface area contributed by atoms with Crippen molar-refractivity contribution in [2.45, 2.75) is 0 Å². The molecule has 0 heterocycles. The molecule has 0 aliphatic carbocycles. The van der Waals surface area contributed by atoms with Crippen LogP contribution in [0.5, 0.6) is 23.0 Å². The van der Waals surface area contributed by atoms with Crippen molar-refractivity contribution >= 4 is 12.4 Å². The van der Waals surface area contributed by atoms with Gasteiger partial charge < -0.3 is 18.9 Å². The predicted molar refractivity (Wildman–Crippen MR) is 168 cm³/mol. The second-order valence-corrected chi connectivity index (χ2v) is 9.33. The average molecular weight is 577 g/mol. The minimum atomic E-state index is 0. The molecule has 0 bridgehead atoms. The van der Waals surface area contributed by atoms with Gasteiger partial charge in [-0.2, -0.15) is 0 Å². The molecular formula is C34H41ClN2O4. The van der Waals surface area contributed by atoms with Crippen molar-refractivity contribution in [2.24, 2.45) is 0 Å². The van der Waals surface area contributed by atoms with Crippen LogP contribution in [0.4, 0.5) is 0 Å². The Hall–Kier alpha value is -3.71. The zero-order chi connectivity index (χ0) is 27.5. The van der Waals surface area contributed by atoms with Gasteiger partial charge in [0.25, 0.3) is 0 Å². The maximum atomic E-state index is 6.00. The fourth-order valence-electron chi connectivity index (χ4n) is 4.19. The summed E-state index contributed by atoms with van der Waals surface area (Å²) in [5, 5.41) is 0. The normalized spacial score (nSPS) is 10.7. The van der Waals surface area contributed by atoms with Crippen LogP contribution in [-0.2, 0) is 0 Å². The van der Waals surface area contributed by atoms with Crippen LogP contribution in [0.15, 0.2) is 121 Å². The SMILES string of the molecule is Cl.c1ccc(OCCN(CCOc2ccccc2)CCN(CCOc2ccccc2)CCOc2ccccc2)cc1. The Morgan fingerprint density at radius 3 is 0.756 bits per heavy atom. The van der Waals surface area contributed by atoms with Gasteiger partial charge in [-0.15, -0.1) is 12.4 Å². The zero-order valence-corrected chi connectivity index (χ0v) is 24.4. The second-order valence-electron chi connectivity index (χ2n) is 9.33. The molecule has 0 aliphatic heterocycles. The van der Waals surface area contributed by atoms with E-state index in [0.29, 0.717) is 26.4 Å². The molecule has 6 nitrogen and oxygen atoms in total. The Labute approximate surface area is 250 Å². The molecule has 7 heteroatoms. The summed E-state index contributed by atoms with van der Waals surface area (Å²) < 4.78 is 24.0. The van der Waals surface area contributed by atoms with Gasteiger partial charge in [0.2, 0.25) is 0 Å². The summed E-state index contributed by atoms with van der Waals surface area (Å²) in [5.74, 6) is 3.56. The minimum Gasteiger partial charge on any atom is -0.492 e. The predicted octanol–water partition coefficient (Wildman–Crippen LogP) is 6.33. The van der Waals surface area contributed by atoms with Crippen molar-refractivity contribution in [2.75, 3.05) is 65.7 Å². The van der Waals surface area contributed by atoms with Gasteiger partial charge in [0.1, 0.15) is 49.4 Å². The molecule has 0 aromatic heterocycles. The maximum absolute atomic E-state index is 6.00. The van der Waals surface area contributed by atoms with Gasteiger partial charge >= 0.3 is 0 Å². The Morgan fingerprint density at radius 1 is 0.317 bits per heavy atom. The van der Waals surface area contributed by atoms with E-state index < -0.39 is 0 Å². The van der Waals surface area contributed by atoms with E-state index in [9.17, 15) is 0 Å². The van der Waals surface area contributed by atoms with E-state index in [-0.39, 0.29) is 12.4 Å². The van der Waals surface area contributed by atoms with E-state index in [4.69, 9.17) is 18.9 Å².